The maximum absolute atomic E-state index is 11.5. The number of esters is 1. The molecule has 7 nitrogen and oxygen atoms in total. The fourth-order valence-electron chi connectivity index (χ4n) is 1.49. The molecule has 0 bridgehead atoms. The number of nitro benzene ring substituents is 1. The number of nitrogens with one attached hydrogen (secondary N) is 1. The van der Waals surface area contributed by atoms with Crippen molar-refractivity contribution >= 4 is 23.6 Å². The second kappa shape index (κ2) is 7.78. The molecular weight excluding hydrogens is 276 g/mol. The van der Waals surface area contributed by atoms with E-state index in [9.17, 15) is 19.7 Å². The fraction of sp³-hybridized carbons (Fsp3) is 0.286. The number of nitrogens with zero attached hydrogens (tertiary/aromatic N) is 1. The summed E-state index contributed by atoms with van der Waals surface area (Å²) in [6.45, 7) is 3.67. The predicted molar refractivity (Wildman–Crippen MR) is 76.4 cm³/mol. The molecule has 21 heavy (non-hydrogen) atoms. The molecule has 0 aliphatic carbocycles. The molecule has 0 unspecified atom stereocenters. The third kappa shape index (κ3) is 5.43. The Kier molecular flexibility index (Phi) is 6.06. The normalized spacial score (nSPS) is 11.9. The third-order valence-electron chi connectivity index (χ3n) is 2.51. The summed E-state index contributed by atoms with van der Waals surface area (Å²) in [4.78, 5) is 33.0. The first-order chi connectivity index (χ1) is 9.93. The Labute approximate surface area is 121 Å². The quantitative estimate of drug-likeness (QED) is 0.372. The van der Waals surface area contributed by atoms with Gasteiger partial charge >= 0.3 is 5.97 Å². The van der Waals surface area contributed by atoms with Crippen LogP contribution in [0.3, 0.4) is 0 Å². The summed E-state index contributed by atoms with van der Waals surface area (Å²) in [5.41, 5.74) is 0.424. The van der Waals surface area contributed by atoms with Gasteiger partial charge in [-0.3, -0.25) is 14.9 Å². The first kappa shape index (κ1) is 16.4. The first-order valence-corrected chi connectivity index (χ1v) is 6.35. The highest BCUT2D eigenvalue weighted by molar-refractivity contribution is 5.90. The van der Waals surface area contributed by atoms with E-state index in [4.69, 9.17) is 4.74 Å². The molecule has 7 heteroatoms. The number of hydrogen-bond acceptors (Lipinski definition) is 5. The maximum Gasteiger partial charge on any atom is 0.331 e. The van der Waals surface area contributed by atoms with E-state index in [-0.39, 0.29) is 11.6 Å². The lowest BCUT2D eigenvalue weighted by atomic mass is 10.2. The van der Waals surface area contributed by atoms with Crippen LogP contribution in [-0.4, -0.2) is 29.4 Å². The van der Waals surface area contributed by atoms with Crippen molar-refractivity contribution in [3.63, 3.8) is 0 Å². The van der Waals surface area contributed by atoms with Crippen LogP contribution < -0.4 is 5.32 Å². The third-order valence-corrected chi connectivity index (χ3v) is 2.51. The molecule has 1 aromatic carbocycles. The second-order valence-electron chi connectivity index (χ2n) is 4.16. The minimum atomic E-state index is -0.896. The smallest absolute Gasteiger partial charge is 0.331 e. The molecule has 0 aliphatic rings. The zero-order valence-corrected chi connectivity index (χ0v) is 11.7. The Morgan fingerprint density at radius 1 is 1.48 bits per heavy atom. The number of carbonyl (C=O) groups is 2. The molecule has 1 amide bonds. The second-order valence-corrected chi connectivity index (χ2v) is 4.16. The van der Waals surface area contributed by atoms with Crippen molar-refractivity contribution in [2.45, 2.75) is 20.0 Å². The summed E-state index contributed by atoms with van der Waals surface area (Å²) in [7, 11) is 0. The average Bonchev–Trinajstić information content (AvgIpc) is 2.45. The lowest BCUT2D eigenvalue weighted by Crippen LogP contribution is -2.35. The molecule has 1 rings (SSSR count). The molecule has 0 heterocycles. The van der Waals surface area contributed by atoms with Crippen molar-refractivity contribution in [2.24, 2.45) is 0 Å². The van der Waals surface area contributed by atoms with Gasteiger partial charge in [-0.1, -0.05) is 12.1 Å². The van der Waals surface area contributed by atoms with Gasteiger partial charge < -0.3 is 10.1 Å². The van der Waals surface area contributed by atoms with E-state index in [2.05, 4.69) is 5.32 Å². The van der Waals surface area contributed by atoms with Crippen LogP contribution in [0.1, 0.15) is 19.4 Å². The molecule has 1 N–H and O–H groups in total. The van der Waals surface area contributed by atoms with Crippen LogP contribution in [0, 0.1) is 10.1 Å². The fourth-order valence-corrected chi connectivity index (χ4v) is 1.49. The van der Waals surface area contributed by atoms with Crippen molar-refractivity contribution in [2.75, 3.05) is 6.54 Å². The lowest BCUT2D eigenvalue weighted by Gasteiger charge is -2.10. The van der Waals surface area contributed by atoms with E-state index in [1.165, 1.54) is 31.2 Å². The number of ether oxygens (including phenoxy) is 1. The topological polar surface area (TPSA) is 98.5 Å². The predicted octanol–water partition coefficient (Wildman–Crippen LogP) is 1.68. The Bertz CT molecular complexity index is 568. The minimum Gasteiger partial charge on any atom is -0.449 e. The Morgan fingerprint density at radius 2 is 2.19 bits per heavy atom. The molecule has 0 aromatic heterocycles. The van der Waals surface area contributed by atoms with Crippen LogP contribution in [0.4, 0.5) is 5.69 Å². The largest absolute Gasteiger partial charge is 0.449 e. The average molecular weight is 292 g/mol. The summed E-state index contributed by atoms with van der Waals surface area (Å²) in [6, 6.07) is 5.81. The molecule has 0 fully saturated rings. The van der Waals surface area contributed by atoms with Crippen LogP contribution in [0.15, 0.2) is 30.3 Å². The van der Waals surface area contributed by atoms with Gasteiger partial charge in [-0.15, -0.1) is 0 Å². The van der Waals surface area contributed by atoms with E-state index < -0.39 is 17.0 Å². The van der Waals surface area contributed by atoms with Gasteiger partial charge in [0.1, 0.15) is 0 Å². The maximum atomic E-state index is 11.5. The van der Waals surface area contributed by atoms with Gasteiger partial charge in [-0.25, -0.2) is 4.79 Å². The zero-order valence-electron chi connectivity index (χ0n) is 11.7. The number of carbonyl (C=O) groups excluding carboxylic acids is 2. The summed E-state index contributed by atoms with van der Waals surface area (Å²) in [6.07, 6.45) is 1.61. The molecule has 0 aliphatic heterocycles. The molecular formula is C14H16N2O5. The number of rotatable bonds is 6. The number of amides is 1. The van der Waals surface area contributed by atoms with Gasteiger partial charge in [0.15, 0.2) is 6.10 Å². The number of nitro groups is 1. The van der Waals surface area contributed by atoms with Crippen molar-refractivity contribution in [3.8, 4) is 0 Å². The highest BCUT2D eigenvalue weighted by atomic mass is 16.6. The SMILES string of the molecule is CCNC(=O)[C@@H](C)OC(=O)/C=C/c1cccc([N+](=O)[O-])c1. The molecule has 1 aromatic rings. The van der Waals surface area contributed by atoms with Crippen LogP contribution in [0.5, 0.6) is 0 Å². The molecule has 1 atom stereocenters. The summed E-state index contributed by atoms with van der Waals surface area (Å²) in [5.74, 6) is -1.07. The van der Waals surface area contributed by atoms with Crippen molar-refractivity contribution in [3.05, 3.63) is 46.0 Å². The molecule has 0 radical (unpaired) electrons. The molecule has 0 spiro atoms. The van der Waals surface area contributed by atoms with Gasteiger partial charge in [0.2, 0.25) is 0 Å². The first-order valence-electron chi connectivity index (χ1n) is 6.35. The Balaban J connectivity index is 2.64. The number of hydrogen-bond donors (Lipinski definition) is 1. The van der Waals surface area contributed by atoms with Crippen LogP contribution in [0.2, 0.25) is 0 Å². The van der Waals surface area contributed by atoms with Gasteiger partial charge in [0.05, 0.1) is 4.92 Å². The number of likely N-dealkylation sites (N-methyl/N-ethyl adjacent to an activating group) is 1. The summed E-state index contributed by atoms with van der Waals surface area (Å²) < 4.78 is 4.89. The highest BCUT2D eigenvalue weighted by Gasteiger charge is 2.15. The van der Waals surface area contributed by atoms with Crippen LogP contribution in [-0.2, 0) is 14.3 Å². The zero-order chi connectivity index (χ0) is 15.8. The van der Waals surface area contributed by atoms with Crippen LogP contribution >= 0.6 is 0 Å². The van der Waals surface area contributed by atoms with Gasteiger partial charge in [0, 0.05) is 24.8 Å². The van der Waals surface area contributed by atoms with Gasteiger partial charge in [-0.2, -0.15) is 0 Å². The molecule has 112 valence electrons. The molecule has 0 saturated carbocycles. The highest BCUT2D eigenvalue weighted by Crippen LogP contribution is 2.14. The summed E-state index contributed by atoms with van der Waals surface area (Å²) >= 11 is 0. The Hall–Kier alpha value is -2.70. The lowest BCUT2D eigenvalue weighted by molar-refractivity contribution is -0.384. The standard InChI is InChI=1S/C14H16N2O5/c1-3-15-14(18)10(2)21-13(17)8-7-11-5-4-6-12(9-11)16(19)20/h4-10H,3H2,1-2H3,(H,15,18)/b8-7+/t10-/m1/s1. The number of benzene rings is 1. The number of non-ortho nitro benzene ring substituents is 1. The summed E-state index contributed by atoms with van der Waals surface area (Å²) in [5, 5.41) is 13.1. The van der Waals surface area contributed by atoms with E-state index in [1.54, 1.807) is 13.0 Å². The molecule has 0 saturated heterocycles. The Morgan fingerprint density at radius 3 is 2.81 bits per heavy atom. The monoisotopic (exact) mass is 292 g/mol. The van der Waals surface area contributed by atoms with Gasteiger partial charge in [0.25, 0.3) is 11.6 Å². The van der Waals surface area contributed by atoms with Crippen LogP contribution in [0.25, 0.3) is 6.08 Å². The van der Waals surface area contributed by atoms with E-state index in [0.29, 0.717) is 12.1 Å². The van der Waals surface area contributed by atoms with Crippen molar-refractivity contribution in [1.82, 2.24) is 5.32 Å². The van der Waals surface area contributed by atoms with E-state index >= 15 is 0 Å². The van der Waals surface area contributed by atoms with E-state index in [1.807, 2.05) is 0 Å². The van der Waals surface area contributed by atoms with E-state index in [0.717, 1.165) is 6.08 Å². The van der Waals surface area contributed by atoms with Gasteiger partial charge in [-0.05, 0) is 25.5 Å². The van der Waals surface area contributed by atoms with Crippen molar-refractivity contribution < 1.29 is 19.2 Å². The minimum absolute atomic E-state index is 0.0683. The van der Waals surface area contributed by atoms with Crippen molar-refractivity contribution in [1.29, 1.82) is 0 Å².